The van der Waals surface area contributed by atoms with E-state index in [-0.39, 0.29) is 16.6 Å². The van der Waals surface area contributed by atoms with Gasteiger partial charge in [0.05, 0.1) is 34.7 Å². The first-order chi connectivity index (χ1) is 17.6. The number of carboxylic acid groups (broad SMARTS) is 2. The van der Waals surface area contributed by atoms with E-state index in [2.05, 4.69) is 24.9 Å². The van der Waals surface area contributed by atoms with Gasteiger partial charge in [-0.25, -0.2) is 38.7 Å². The van der Waals surface area contributed by atoms with E-state index in [1.165, 1.54) is 25.1 Å². The van der Waals surface area contributed by atoms with Crippen molar-refractivity contribution >= 4 is 46.7 Å². The van der Waals surface area contributed by atoms with Crippen LogP contribution in [0.5, 0.6) is 0 Å². The van der Waals surface area contributed by atoms with Gasteiger partial charge in [-0.1, -0.05) is 18.2 Å². The summed E-state index contributed by atoms with van der Waals surface area (Å²) in [5.74, 6) is -9.32. The molecule has 0 aliphatic heterocycles. The Kier molecular flexibility index (Phi) is 6.26. The number of rotatable bonds is 6. The van der Waals surface area contributed by atoms with E-state index < -0.39 is 70.0 Å². The molecule has 3 aromatic heterocycles. The molecule has 0 saturated carbocycles. The number of H-pyrrole nitrogens is 2. The maximum atomic E-state index is 13.1. The van der Waals surface area contributed by atoms with E-state index in [0.717, 1.165) is 12.4 Å². The Morgan fingerprint density at radius 3 is 1.70 bits per heavy atom. The molecule has 0 unspecified atom stereocenters. The van der Waals surface area contributed by atoms with Gasteiger partial charge in [-0.3, -0.25) is 4.98 Å². The standard InChI is InChI=1S/C22H13N5O10/c1-8-13(21(34)36-19(32)11-6-23-15(26-11)17(28)29)14(9-4-2-3-5-10(9)25-8)22(35)37-20(33)12-7-24-16(27-12)18(30)31/h2-7H,1H3,(H,23,26)(H,24,27)(H,28,29)(H,30,31). The maximum absolute atomic E-state index is 13.1. The molecule has 15 heteroatoms. The van der Waals surface area contributed by atoms with Crippen molar-refractivity contribution < 1.29 is 48.5 Å². The molecule has 0 radical (unpaired) electrons. The third kappa shape index (κ3) is 4.76. The molecule has 0 amide bonds. The Labute approximate surface area is 204 Å². The highest BCUT2D eigenvalue weighted by molar-refractivity contribution is 6.16. The average Bonchev–Trinajstić information content (AvgIpc) is 3.53. The number of carboxylic acids is 2. The van der Waals surface area contributed by atoms with Crippen LogP contribution in [0.1, 0.15) is 68.6 Å². The third-order valence-corrected chi connectivity index (χ3v) is 4.85. The van der Waals surface area contributed by atoms with Crippen molar-refractivity contribution in [1.82, 2.24) is 24.9 Å². The van der Waals surface area contributed by atoms with Crippen molar-refractivity contribution in [2.75, 3.05) is 0 Å². The van der Waals surface area contributed by atoms with E-state index in [0.29, 0.717) is 0 Å². The highest BCUT2D eigenvalue weighted by atomic mass is 16.6. The predicted molar refractivity (Wildman–Crippen MR) is 117 cm³/mol. The van der Waals surface area contributed by atoms with Gasteiger partial charge in [0.15, 0.2) is 0 Å². The highest BCUT2D eigenvalue weighted by Gasteiger charge is 2.30. The molecule has 15 nitrogen and oxygen atoms in total. The number of aryl methyl sites for hydroxylation is 1. The van der Waals surface area contributed by atoms with Crippen LogP contribution in [-0.2, 0) is 9.47 Å². The first-order valence-electron chi connectivity index (χ1n) is 10.1. The Balaban J connectivity index is 1.70. The van der Waals surface area contributed by atoms with Crippen LogP contribution in [0.4, 0.5) is 0 Å². The number of nitrogens with one attached hydrogen (secondary N) is 2. The normalized spacial score (nSPS) is 10.6. The van der Waals surface area contributed by atoms with Gasteiger partial charge in [0.2, 0.25) is 11.6 Å². The van der Waals surface area contributed by atoms with Crippen LogP contribution in [0.2, 0.25) is 0 Å². The number of imidazole rings is 2. The van der Waals surface area contributed by atoms with Gasteiger partial charge < -0.3 is 29.7 Å². The van der Waals surface area contributed by atoms with Crippen LogP contribution >= 0.6 is 0 Å². The summed E-state index contributed by atoms with van der Waals surface area (Å²) in [5.41, 5.74) is -1.67. The summed E-state index contributed by atoms with van der Waals surface area (Å²) in [6.45, 7) is 1.35. The molecular formula is C22H13N5O10. The number of fused-ring (bicyclic) bond motifs is 1. The number of benzene rings is 1. The second-order valence-electron chi connectivity index (χ2n) is 7.22. The molecule has 4 rings (SSSR count). The van der Waals surface area contributed by atoms with Crippen LogP contribution in [0.15, 0.2) is 36.7 Å². The largest absolute Gasteiger partial charge is 0.475 e. The lowest BCUT2D eigenvalue weighted by Gasteiger charge is -2.13. The molecule has 0 aliphatic rings. The van der Waals surface area contributed by atoms with Gasteiger partial charge in [-0.15, -0.1) is 0 Å². The average molecular weight is 507 g/mol. The highest BCUT2D eigenvalue weighted by Crippen LogP contribution is 2.26. The number of ether oxygens (including phenoxy) is 2. The van der Waals surface area contributed by atoms with Crippen molar-refractivity contribution in [2.45, 2.75) is 6.92 Å². The Hall–Kier alpha value is -5.73. The van der Waals surface area contributed by atoms with Crippen molar-refractivity contribution in [3.05, 3.63) is 76.5 Å². The molecule has 0 atom stereocenters. The number of aromatic carboxylic acids is 2. The zero-order valence-electron chi connectivity index (χ0n) is 18.5. The number of carbonyl (C=O) groups excluding carboxylic acids is 4. The summed E-state index contributed by atoms with van der Waals surface area (Å²) in [7, 11) is 0. The van der Waals surface area contributed by atoms with Crippen LogP contribution < -0.4 is 0 Å². The van der Waals surface area contributed by atoms with Gasteiger partial charge in [0, 0.05) is 5.39 Å². The zero-order chi connectivity index (χ0) is 26.9. The molecule has 0 aliphatic carbocycles. The molecular weight excluding hydrogens is 494 g/mol. The summed E-state index contributed by atoms with van der Waals surface area (Å²) in [5, 5.41) is 17.9. The molecule has 0 spiro atoms. The predicted octanol–water partition coefficient (Wildman–Crippen LogP) is 1.38. The monoisotopic (exact) mass is 507 g/mol. The van der Waals surface area contributed by atoms with Crippen molar-refractivity contribution in [2.24, 2.45) is 0 Å². The van der Waals surface area contributed by atoms with E-state index in [1.54, 1.807) is 6.07 Å². The number of pyridine rings is 1. The van der Waals surface area contributed by atoms with E-state index in [9.17, 15) is 28.8 Å². The molecule has 0 saturated heterocycles. The fourth-order valence-electron chi connectivity index (χ4n) is 3.24. The molecule has 186 valence electrons. The Morgan fingerprint density at radius 1 is 0.730 bits per heavy atom. The first-order valence-corrected chi connectivity index (χ1v) is 10.1. The minimum absolute atomic E-state index is 0.0542. The third-order valence-electron chi connectivity index (χ3n) is 4.85. The number of hydrogen-bond acceptors (Lipinski definition) is 11. The number of carbonyl (C=O) groups is 6. The minimum Gasteiger partial charge on any atom is -0.475 e. The van der Waals surface area contributed by atoms with Crippen molar-refractivity contribution in [1.29, 1.82) is 0 Å². The smallest absolute Gasteiger partial charge is 0.371 e. The molecule has 4 N–H and O–H groups in total. The summed E-state index contributed by atoms with van der Waals surface area (Å²) < 4.78 is 9.64. The second kappa shape index (κ2) is 9.49. The number of esters is 4. The van der Waals surface area contributed by atoms with E-state index >= 15 is 0 Å². The van der Waals surface area contributed by atoms with Crippen molar-refractivity contribution in [3.63, 3.8) is 0 Å². The Bertz CT molecular complexity index is 1630. The Morgan fingerprint density at radius 2 is 1.22 bits per heavy atom. The molecule has 3 heterocycles. The fraction of sp³-hybridized carbons (Fsp3) is 0.0455. The molecule has 37 heavy (non-hydrogen) atoms. The van der Waals surface area contributed by atoms with Gasteiger partial charge in [-0.2, -0.15) is 0 Å². The van der Waals surface area contributed by atoms with Gasteiger partial charge >= 0.3 is 35.8 Å². The molecule has 1 aromatic carbocycles. The lowest BCUT2D eigenvalue weighted by Crippen LogP contribution is -2.22. The van der Waals surface area contributed by atoms with Crippen LogP contribution in [-0.4, -0.2) is 70.9 Å². The van der Waals surface area contributed by atoms with E-state index in [4.69, 9.17) is 19.7 Å². The second-order valence-corrected chi connectivity index (χ2v) is 7.22. The summed E-state index contributed by atoms with van der Waals surface area (Å²) in [4.78, 5) is 88.3. The summed E-state index contributed by atoms with van der Waals surface area (Å²) in [6, 6.07) is 6.05. The van der Waals surface area contributed by atoms with Crippen LogP contribution in [0.25, 0.3) is 10.9 Å². The molecule has 4 aromatic rings. The SMILES string of the molecule is Cc1nc2ccccc2c(C(=O)OC(=O)c2cnc(C(=O)O)[nH]2)c1C(=O)OC(=O)c1cnc(C(=O)O)[nH]1. The van der Waals surface area contributed by atoms with Gasteiger partial charge in [0.1, 0.15) is 11.4 Å². The molecule has 0 bridgehead atoms. The summed E-state index contributed by atoms with van der Waals surface area (Å²) >= 11 is 0. The van der Waals surface area contributed by atoms with Gasteiger partial charge in [0.25, 0.3) is 0 Å². The minimum atomic E-state index is -1.46. The lowest BCUT2D eigenvalue weighted by atomic mass is 10.0. The number of hydrogen-bond donors (Lipinski definition) is 4. The fourth-order valence-corrected chi connectivity index (χ4v) is 3.24. The first kappa shape index (κ1) is 24.4. The maximum Gasteiger partial charge on any atom is 0.371 e. The number of aromatic nitrogens is 5. The van der Waals surface area contributed by atoms with E-state index in [1.807, 2.05) is 0 Å². The number of para-hydroxylation sites is 1. The number of nitrogens with zero attached hydrogens (tertiary/aromatic N) is 3. The quantitative estimate of drug-likeness (QED) is 0.214. The zero-order valence-corrected chi connectivity index (χ0v) is 18.5. The number of aromatic amines is 2. The summed E-state index contributed by atoms with van der Waals surface area (Å²) in [6.07, 6.45) is 1.69. The van der Waals surface area contributed by atoms with Crippen molar-refractivity contribution in [3.8, 4) is 0 Å². The topological polar surface area (TPSA) is 232 Å². The van der Waals surface area contributed by atoms with Crippen LogP contribution in [0, 0.1) is 6.92 Å². The molecule has 0 fully saturated rings. The lowest BCUT2D eigenvalue weighted by molar-refractivity contribution is 0.0353. The van der Waals surface area contributed by atoms with Crippen LogP contribution in [0.3, 0.4) is 0 Å². The van der Waals surface area contributed by atoms with Gasteiger partial charge in [-0.05, 0) is 13.0 Å².